The Bertz CT molecular complexity index is 1050. The third-order valence-electron chi connectivity index (χ3n) is 3.87. The van der Waals surface area contributed by atoms with Crippen molar-refractivity contribution >= 4 is 45.9 Å². The molecule has 0 amide bonds. The predicted octanol–water partition coefficient (Wildman–Crippen LogP) is 2.99. The van der Waals surface area contributed by atoms with E-state index in [0.717, 1.165) is 16.8 Å². The van der Waals surface area contributed by atoms with E-state index in [0.29, 0.717) is 5.75 Å². The summed E-state index contributed by atoms with van der Waals surface area (Å²) in [4.78, 5) is 15.5. The van der Waals surface area contributed by atoms with Gasteiger partial charge in [0, 0.05) is 42.7 Å². The van der Waals surface area contributed by atoms with Gasteiger partial charge in [0.2, 0.25) is 0 Å². The van der Waals surface area contributed by atoms with Gasteiger partial charge in [0.05, 0.1) is 11.6 Å². The number of aromatic nitrogens is 1. The van der Waals surface area contributed by atoms with Gasteiger partial charge in [-0.25, -0.2) is 0 Å². The van der Waals surface area contributed by atoms with Crippen molar-refractivity contribution in [3.8, 4) is 11.5 Å². The second kappa shape index (κ2) is 10.00. The van der Waals surface area contributed by atoms with E-state index in [2.05, 4.69) is 9.17 Å². The van der Waals surface area contributed by atoms with Gasteiger partial charge < -0.3 is 8.92 Å². The Kier molecular flexibility index (Phi) is 7.95. The van der Waals surface area contributed by atoms with Gasteiger partial charge in [0.25, 0.3) is 0 Å². The second-order valence-electron chi connectivity index (χ2n) is 5.93. The van der Waals surface area contributed by atoms with Crippen molar-refractivity contribution in [2.24, 2.45) is 0 Å². The summed E-state index contributed by atoms with van der Waals surface area (Å²) in [7, 11) is -4.58. The van der Waals surface area contributed by atoms with E-state index in [1.165, 1.54) is 19.1 Å². The number of carbonyl (C=O) groups excluding carboxylic acids is 1. The molecule has 0 fully saturated rings. The monoisotopic (exact) mass is 422 g/mol. The normalized spacial score (nSPS) is 11.8. The summed E-state index contributed by atoms with van der Waals surface area (Å²) in [5.41, 5.74) is 2.52. The van der Waals surface area contributed by atoms with E-state index in [1.54, 1.807) is 30.5 Å². The zero-order valence-corrected chi connectivity index (χ0v) is 18.7. The Morgan fingerprint density at radius 1 is 0.931 bits per heavy atom. The van der Waals surface area contributed by atoms with Crippen LogP contribution in [0.4, 0.5) is 0 Å². The van der Waals surface area contributed by atoms with E-state index in [4.69, 9.17) is 9.29 Å². The maximum absolute atomic E-state index is 11.1. The van der Waals surface area contributed by atoms with Crippen molar-refractivity contribution in [1.29, 1.82) is 0 Å². The Hall–Kier alpha value is -2.23. The average molecular weight is 422 g/mol. The van der Waals surface area contributed by atoms with Crippen LogP contribution in [0.5, 0.6) is 11.5 Å². The molecule has 145 valence electrons. The smallest absolute Gasteiger partial charge is 0.427 e. The van der Waals surface area contributed by atoms with Crippen molar-refractivity contribution in [3.63, 3.8) is 0 Å². The zero-order chi connectivity index (χ0) is 20.1. The Labute approximate surface area is 190 Å². The molecule has 1 heterocycles. The number of benzene rings is 2. The first-order valence-corrected chi connectivity index (χ1v) is 9.64. The Balaban J connectivity index is 0.00000300. The second-order valence-corrected chi connectivity index (χ2v) is 6.95. The molecule has 0 aliphatic heterocycles. The number of hydrogen-bond acceptors (Lipinski definition) is 6. The maximum atomic E-state index is 11.1. The standard InChI is InChI=1S/C20H17NO6S.Na/c1-14(22)26-17-9-5-15(6-10-17)20(19-4-2-3-13-21-19)16-7-11-18(12-8-16)27-28(23,24)25;/h2-13,20H,1H3,(H,23,24,25);. The Morgan fingerprint density at radius 3 is 1.93 bits per heavy atom. The summed E-state index contributed by atoms with van der Waals surface area (Å²) in [5, 5.41) is 0. The number of carbonyl (C=O) groups is 1. The van der Waals surface area contributed by atoms with Crippen molar-refractivity contribution < 1.29 is 26.7 Å². The number of nitrogens with zero attached hydrogens (tertiary/aromatic N) is 1. The number of hydrogen-bond donors (Lipinski definition) is 1. The van der Waals surface area contributed by atoms with Gasteiger partial charge in [-0.2, -0.15) is 8.42 Å². The van der Waals surface area contributed by atoms with E-state index >= 15 is 0 Å². The van der Waals surface area contributed by atoms with Crippen molar-refractivity contribution in [2.45, 2.75) is 12.8 Å². The molecule has 2 aromatic carbocycles. The SMILES string of the molecule is CC(=O)Oc1ccc(C(c2ccc(OS(=O)(=O)O)cc2)c2ccccn2)cc1.[Na]. The van der Waals surface area contributed by atoms with Crippen molar-refractivity contribution in [1.82, 2.24) is 4.98 Å². The number of esters is 1. The fourth-order valence-corrected chi connectivity index (χ4v) is 3.17. The molecular formula is C20H17NNaO6S. The van der Waals surface area contributed by atoms with E-state index in [-0.39, 0.29) is 41.2 Å². The molecule has 29 heavy (non-hydrogen) atoms. The van der Waals surface area contributed by atoms with Crippen LogP contribution in [0, 0.1) is 0 Å². The van der Waals surface area contributed by atoms with Crippen LogP contribution in [0.15, 0.2) is 72.9 Å². The van der Waals surface area contributed by atoms with Crippen LogP contribution in [0.1, 0.15) is 29.7 Å². The third kappa shape index (κ3) is 6.66. The molecule has 0 saturated heterocycles. The van der Waals surface area contributed by atoms with Crippen molar-refractivity contribution in [3.05, 3.63) is 89.7 Å². The minimum absolute atomic E-state index is 0. The van der Waals surface area contributed by atoms with Crippen LogP contribution < -0.4 is 8.92 Å². The molecule has 7 nitrogen and oxygen atoms in total. The number of ether oxygens (including phenoxy) is 1. The molecule has 1 unspecified atom stereocenters. The fraction of sp³-hybridized carbons (Fsp3) is 0.100. The third-order valence-corrected chi connectivity index (χ3v) is 4.28. The first-order chi connectivity index (χ1) is 13.3. The quantitative estimate of drug-likeness (QED) is 0.282. The molecule has 3 aromatic rings. The summed E-state index contributed by atoms with van der Waals surface area (Å²) in [5.74, 6) is -0.208. The predicted molar refractivity (Wildman–Crippen MR) is 107 cm³/mol. The van der Waals surface area contributed by atoms with Gasteiger partial charge in [0.15, 0.2) is 0 Å². The van der Waals surface area contributed by atoms with Gasteiger partial charge in [-0.3, -0.25) is 14.3 Å². The van der Waals surface area contributed by atoms with Gasteiger partial charge in [0.1, 0.15) is 11.5 Å². The largest absolute Gasteiger partial charge is 0.446 e. The summed E-state index contributed by atoms with van der Waals surface area (Å²) in [6.07, 6.45) is 1.69. The molecule has 1 aromatic heterocycles. The summed E-state index contributed by atoms with van der Waals surface area (Å²) >= 11 is 0. The van der Waals surface area contributed by atoms with Gasteiger partial charge in [-0.15, -0.1) is 0 Å². The molecule has 1 radical (unpaired) electrons. The molecule has 9 heteroatoms. The fourth-order valence-electron chi connectivity index (χ4n) is 2.81. The Morgan fingerprint density at radius 2 is 1.48 bits per heavy atom. The van der Waals surface area contributed by atoms with Crippen molar-refractivity contribution in [2.75, 3.05) is 0 Å². The number of rotatable bonds is 6. The molecule has 1 N–H and O–H groups in total. The van der Waals surface area contributed by atoms with Crippen LogP contribution in [0.25, 0.3) is 0 Å². The van der Waals surface area contributed by atoms with Gasteiger partial charge >= 0.3 is 16.4 Å². The topological polar surface area (TPSA) is 103 Å². The van der Waals surface area contributed by atoms with Crippen LogP contribution >= 0.6 is 0 Å². The molecule has 3 rings (SSSR count). The van der Waals surface area contributed by atoms with Gasteiger partial charge in [-0.05, 0) is 47.5 Å². The van der Waals surface area contributed by atoms with Gasteiger partial charge in [-0.1, -0.05) is 30.3 Å². The van der Waals surface area contributed by atoms with E-state index in [9.17, 15) is 13.2 Å². The molecule has 1 atom stereocenters. The molecule has 0 aliphatic rings. The molecule has 0 spiro atoms. The number of pyridine rings is 1. The summed E-state index contributed by atoms with van der Waals surface area (Å²) in [6.45, 7) is 1.33. The summed E-state index contributed by atoms with van der Waals surface area (Å²) < 4.78 is 40.0. The molecule has 0 saturated carbocycles. The molecular weight excluding hydrogens is 405 g/mol. The van der Waals surface area contributed by atoms with Crippen LogP contribution in [-0.2, 0) is 15.2 Å². The first kappa shape index (κ1) is 23.1. The van der Waals surface area contributed by atoms with Crippen LogP contribution in [-0.4, -0.2) is 53.5 Å². The van der Waals surface area contributed by atoms with E-state index < -0.39 is 16.4 Å². The van der Waals surface area contributed by atoms with E-state index in [1.807, 2.05) is 30.3 Å². The van der Waals surface area contributed by atoms with Crippen LogP contribution in [0.3, 0.4) is 0 Å². The zero-order valence-electron chi connectivity index (χ0n) is 15.8. The molecule has 0 bridgehead atoms. The molecule has 0 aliphatic carbocycles. The average Bonchev–Trinajstić information content (AvgIpc) is 2.64. The van der Waals surface area contributed by atoms with Crippen LogP contribution in [0.2, 0.25) is 0 Å². The minimum atomic E-state index is -4.58. The maximum Gasteiger partial charge on any atom is 0.446 e. The minimum Gasteiger partial charge on any atom is -0.427 e. The summed E-state index contributed by atoms with van der Waals surface area (Å²) in [6, 6.07) is 18.9. The first-order valence-electron chi connectivity index (χ1n) is 8.28.